The monoisotopic (exact) mass is 651 g/mol. The number of amides is 2. The molecule has 46 heavy (non-hydrogen) atoms. The third-order valence-corrected chi connectivity index (χ3v) is 14.0. The van der Waals surface area contributed by atoms with Crippen molar-refractivity contribution in [2.45, 2.75) is 104 Å². The topological polar surface area (TPSA) is 94.5 Å². The summed E-state index contributed by atoms with van der Waals surface area (Å²) in [4.78, 5) is 28.5. The number of aliphatic hydroxyl groups is 1. The van der Waals surface area contributed by atoms with Crippen molar-refractivity contribution in [3.05, 3.63) is 89.0 Å². The normalized spacial score (nSPS) is 18.6. The lowest BCUT2D eigenvalue weighted by Gasteiger charge is -2.40. The maximum absolute atomic E-state index is 14.4. The lowest BCUT2D eigenvalue weighted by atomic mass is 9.88. The van der Waals surface area contributed by atoms with Crippen LogP contribution in [0.2, 0.25) is 18.1 Å². The molecule has 5 atom stereocenters. The second kappa shape index (κ2) is 17.6. The molecule has 1 aliphatic heterocycles. The van der Waals surface area contributed by atoms with Crippen LogP contribution in [0.3, 0.4) is 0 Å². The van der Waals surface area contributed by atoms with Gasteiger partial charge in [-0.05, 0) is 74.2 Å². The van der Waals surface area contributed by atoms with Crippen molar-refractivity contribution in [2.24, 2.45) is 5.92 Å². The van der Waals surface area contributed by atoms with E-state index in [4.69, 9.17) is 18.6 Å². The SMILES string of the molecule is C/C=C(C)/C=C(\C)[C@@H](O[Si](CC)(CC)CC)[C@H](C)[C@@H](O)[C@H](OCc1ccc(OC)cc1)C(=O)N1C(=O)OC[C@@H]1Cc1ccccc1. The molecule has 0 aliphatic carbocycles. The van der Waals surface area contributed by atoms with E-state index in [-0.39, 0.29) is 13.2 Å². The van der Waals surface area contributed by atoms with Crippen LogP contribution in [0.1, 0.15) is 59.6 Å². The number of ether oxygens (including phenoxy) is 3. The second-order valence-corrected chi connectivity index (χ2v) is 17.0. The van der Waals surface area contributed by atoms with Gasteiger partial charge in [0.05, 0.1) is 32.0 Å². The Morgan fingerprint density at radius 1 is 1.02 bits per heavy atom. The average Bonchev–Trinajstić information content (AvgIpc) is 3.44. The molecule has 0 bridgehead atoms. The maximum Gasteiger partial charge on any atom is 0.417 e. The van der Waals surface area contributed by atoms with E-state index in [0.29, 0.717) is 12.2 Å². The number of carbonyl (C=O) groups excluding carboxylic acids is 2. The molecule has 3 rings (SSSR count). The highest BCUT2D eigenvalue weighted by Crippen LogP contribution is 2.33. The molecule has 8 nitrogen and oxygen atoms in total. The number of imide groups is 1. The molecule has 1 fully saturated rings. The highest BCUT2D eigenvalue weighted by Gasteiger charge is 2.46. The third kappa shape index (κ3) is 9.41. The molecule has 1 heterocycles. The number of carbonyl (C=O) groups is 2. The zero-order chi connectivity index (χ0) is 33.9. The van der Waals surface area contributed by atoms with E-state index in [2.05, 4.69) is 26.8 Å². The fraction of sp³-hybridized carbons (Fsp3) is 0.514. The van der Waals surface area contributed by atoms with Crippen LogP contribution in [-0.4, -0.2) is 68.4 Å². The minimum Gasteiger partial charge on any atom is -0.497 e. The van der Waals surface area contributed by atoms with Gasteiger partial charge in [-0.2, -0.15) is 0 Å². The van der Waals surface area contributed by atoms with Crippen LogP contribution in [0.4, 0.5) is 4.79 Å². The van der Waals surface area contributed by atoms with Crippen molar-refractivity contribution >= 4 is 20.3 Å². The van der Waals surface area contributed by atoms with E-state index in [1.54, 1.807) is 7.11 Å². The van der Waals surface area contributed by atoms with Gasteiger partial charge >= 0.3 is 6.09 Å². The first-order valence-corrected chi connectivity index (χ1v) is 19.0. The first-order chi connectivity index (χ1) is 22.0. The van der Waals surface area contributed by atoms with Gasteiger partial charge < -0.3 is 23.7 Å². The number of benzene rings is 2. The zero-order valence-electron chi connectivity index (χ0n) is 28.8. The number of aliphatic hydroxyl groups excluding tert-OH is 1. The van der Waals surface area contributed by atoms with Gasteiger partial charge in [-0.15, -0.1) is 0 Å². The maximum atomic E-state index is 14.4. The van der Waals surface area contributed by atoms with Crippen molar-refractivity contribution in [3.8, 4) is 5.75 Å². The van der Waals surface area contributed by atoms with Gasteiger partial charge in [0.25, 0.3) is 5.91 Å². The summed E-state index contributed by atoms with van der Waals surface area (Å²) in [5.41, 5.74) is 3.82. The Labute approximate surface area is 276 Å². The molecule has 2 aromatic carbocycles. The van der Waals surface area contributed by atoms with Gasteiger partial charge in [0.1, 0.15) is 12.4 Å². The largest absolute Gasteiger partial charge is 0.497 e. The van der Waals surface area contributed by atoms with Gasteiger partial charge in [0.2, 0.25) is 0 Å². The van der Waals surface area contributed by atoms with E-state index in [0.717, 1.165) is 45.3 Å². The Hall–Kier alpha value is -3.24. The van der Waals surface area contributed by atoms with Crippen LogP contribution in [0.5, 0.6) is 5.75 Å². The molecule has 1 saturated heterocycles. The summed E-state index contributed by atoms with van der Waals surface area (Å²) in [5, 5.41) is 12.1. The number of rotatable bonds is 17. The number of nitrogens with zero attached hydrogens (tertiary/aromatic N) is 1. The summed E-state index contributed by atoms with van der Waals surface area (Å²) in [5.74, 6) is -0.456. The van der Waals surface area contributed by atoms with Gasteiger partial charge in [0.15, 0.2) is 14.4 Å². The molecule has 2 aromatic rings. The molecule has 0 radical (unpaired) electrons. The van der Waals surface area contributed by atoms with Crippen LogP contribution in [-0.2, 0) is 31.7 Å². The minimum atomic E-state index is -2.14. The molecular formula is C37H53NO7Si. The van der Waals surface area contributed by atoms with Gasteiger partial charge in [-0.3, -0.25) is 4.79 Å². The summed E-state index contributed by atoms with van der Waals surface area (Å²) in [6.07, 6.45) is 0.728. The summed E-state index contributed by atoms with van der Waals surface area (Å²) in [6.45, 7) is 14.6. The van der Waals surface area contributed by atoms with E-state index in [9.17, 15) is 14.7 Å². The fourth-order valence-corrected chi connectivity index (χ4v) is 8.93. The molecule has 0 spiro atoms. The standard InChI is InChI=1S/C37H53NO7Si/c1-9-26(5)22-27(6)34(45-46(10-2,11-3)12-4)28(7)33(39)35(43-24-30-18-20-32(42-8)21-19-30)36(40)38-31(25-44-37(38)41)23-29-16-14-13-15-17-29/h9,13-22,28,31,33-35,39H,10-12,23-25H2,1-8H3/b26-9+,27-22+/t28-,31+,33-,34-,35+/m1/s1. The Morgan fingerprint density at radius 3 is 2.22 bits per heavy atom. The van der Waals surface area contributed by atoms with Gasteiger partial charge in [-0.1, -0.05) is 87.9 Å². The highest BCUT2D eigenvalue weighted by molar-refractivity contribution is 6.73. The quantitative estimate of drug-likeness (QED) is 0.140. The second-order valence-electron chi connectivity index (χ2n) is 12.3. The molecule has 2 amide bonds. The minimum absolute atomic E-state index is 0.0476. The summed E-state index contributed by atoms with van der Waals surface area (Å²) in [7, 11) is -0.544. The highest BCUT2D eigenvalue weighted by atomic mass is 28.4. The van der Waals surface area contributed by atoms with E-state index < -0.39 is 50.6 Å². The van der Waals surface area contributed by atoms with Gasteiger partial charge in [0, 0.05) is 5.92 Å². The Kier molecular flexibility index (Phi) is 14.2. The van der Waals surface area contributed by atoms with Crippen molar-refractivity contribution in [1.29, 1.82) is 0 Å². The number of allylic oxidation sites excluding steroid dienone is 3. The molecular weight excluding hydrogens is 598 g/mol. The number of methoxy groups -OCH3 is 1. The molecule has 0 aromatic heterocycles. The van der Waals surface area contributed by atoms with Crippen molar-refractivity contribution in [1.82, 2.24) is 4.90 Å². The number of cyclic esters (lactones) is 1. The molecule has 1 aliphatic rings. The molecule has 9 heteroatoms. The number of hydrogen-bond donors (Lipinski definition) is 1. The van der Waals surface area contributed by atoms with Crippen LogP contribution >= 0.6 is 0 Å². The van der Waals surface area contributed by atoms with E-state index in [1.165, 1.54) is 0 Å². The smallest absolute Gasteiger partial charge is 0.417 e. The van der Waals surface area contributed by atoms with Crippen LogP contribution in [0.15, 0.2) is 77.9 Å². The van der Waals surface area contributed by atoms with E-state index in [1.807, 2.05) is 88.4 Å². The lowest BCUT2D eigenvalue weighted by molar-refractivity contribution is -0.155. The van der Waals surface area contributed by atoms with E-state index >= 15 is 0 Å². The fourth-order valence-electron chi connectivity index (χ4n) is 5.99. The van der Waals surface area contributed by atoms with Crippen molar-refractivity contribution in [2.75, 3.05) is 13.7 Å². The van der Waals surface area contributed by atoms with Crippen LogP contribution < -0.4 is 4.74 Å². The predicted octanol–water partition coefficient (Wildman–Crippen LogP) is 7.47. The summed E-state index contributed by atoms with van der Waals surface area (Å²) in [6, 6.07) is 19.3. The van der Waals surface area contributed by atoms with Gasteiger partial charge in [-0.25, -0.2) is 9.69 Å². The van der Waals surface area contributed by atoms with Crippen LogP contribution in [0, 0.1) is 5.92 Å². The summed E-state index contributed by atoms with van der Waals surface area (Å²) < 4.78 is 24.0. The Morgan fingerprint density at radius 2 is 1.65 bits per heavy atom. The summed E-state index contributed by atoms with van der Waals surface area (Å²) >= 11 is 0. The number of hydrogen-bond acceptors (Lipinski definition) is 7. The van der Waals surface area contributed by atoms with Crippen LogP contribution in [0.25, 0.3) is 0 Å². The molecule has 0 saturated carbocycles. The molecule has 0 unspecified atom stereocenters. The first-order valence-electron chi connectivity index (χ1n) is 16.5. The first kappa shape index (κ1) is 37.2. The average molecular weight is 652 g/mol. The van der Waals surface area contributed by atoms with Crippen molar-refractivity contribution < 1.29 is 33.3 Å². The molecule has 1 N–H and O–H groups in total. The van der Waals surface area contributed by atoms with Crippen molar-refractivity contribution in [3.63, 3.8) is 0 Å². The third-order valence-electron chi connectivity index (χ3n) is 9.34. The molecule has 252 valence electrons. The zero-order valence-corrected chi connectivity index (χ0v) is 29.8. The Balaban J connectivity index is 2.01. The lowest BCUT2D eigenvalue weighted by Crippen LogP contribution is -2.54. The predicted molar refractivity (Wildman–Crippen MR) is 184 cm³/mol. The Bertz CT molecular complexity index is 1310.